The van der Waals surface area contributed by atoms with E-state index in [2.05, 4.69) is 16.3 Å². The van der Waals surface area contributed by atoms with Gasteiger partial charge in [-0.1, -0.05) is 0 Å². The molecule has 0 spiro atoms. The molecule has 0 bridgehead atoms. The molecule has 1 saturated heterocycles. The fourth-order valence-corrected chi connectivity index (χ4v) is 5.62. The highest BCUT2D eigenvalue weighted by atomic mass is 32.1. The van der Waals surface area contributed by atoms with Gasteiger partial charge in [-0.05, 0) is 70.9 Å². The molecular formula is C23H34N4O3S. The number of aryl methyl sites for hydroxylation is 1. The van der Waals surface area contributed by atoms with E-state index in [0.717, 1.165) is 50.8 Å². The number of rotatable bonds is 6. The van der Waals surface area contributed by atoms with Crippen LogP contribution in [-0.2, 0) is 22.4 Å². The van der Waals surface area contributed by atoms with Crippen LogP contribution in [0.2, 0.25) is 0 Å². The Hall–Kier alpha value is -2.11. The van der Waals surface area contributed by atoms with E-state index in [1.807, 2.05) is 20.8 Å². The van der Waals surface area contributed by atoms with Crippen LogP contribution in [0.25, 0.3) is 0 Å². The lowest BCUT2D eigenvalue weighted by molar-refractivity contribution is -0.116. The number of hydrogen-bond donors (Lipinski definition) is 1. The second kappa shape index (κ2) is 10.0. The molecule has 1 fully saturated rings. The van der Waals surface area contributed by atoms with Crippen LogP contribution in [0.4, 0.5) is 9.80 Å². The van der Waals surface area contributed by atoms with Crippen LogP contribution >= 0.6 is 11.3 Å². The monoisotopic (exact) mass is 446 g/mol. The normalized spacial score (nSPS) is 18.9. The SMILES string of the molecule is CN(CC1CCCN(CCC(=O)Nc2sc3c(c2C#N)CCC3)C1)C(=O)OC(C)(C)C. The van der Waals surface area contributed by atoms with Crippen LogP contribution in [0.3, 0.4) is 0 Å². The summed E-state index contributed by atoms with van der Waals surface area (Å²) in [6.45, 7) is 8.80. The van der Waals surface area contributed by atoms with Crippen LogP contribution in [0, 0.1) is 17.2 Å². The van der Waals surface area contributed by atoms with E-state index < -0.39 is 5.60 Å². The molecule has 0 saturated carbocycles. The zero-order valence-corrected chi connectivity index (χ0v) is 19.9. The first-order valence-corrected chi connectivity index (χ1v) is 12.0. The Morgan fingerprint density at radius 3 is 2.81 bits per heavy atom. The molecule has 1 aliphatic carbocycles. The number of fused-ring (bicyclic) bond motifs is 1. The van der Waals surface area contributed by atoms with Gasteiger partial charge >= 0.3 is 6.09 Å². The second-order valence-corrected chi connectivity index (χ2v) is 10.7. The summed E-state index contributed by atoms with van der Waals surface area (Å²) < 4.78 is 5.44. The molecule has 1 aromatic heterocycles. The molecule has 0 aromatic carbocycles. The molecule has 2 heterocycles. The molecule has 2 amide bonds. The van der Waals surface area contributed by atoms with E-state index in [-0.39, 0.29) is 12.0 Å². The van der Waals surface area contributed by atoms with Crippen LogP contribution in [-0.4, -0.2) is 60.6 Å². The Kier molecular flexibility index (Phi) is 7.60. The van der Waals surface area contributed by atoms with E-state index in [9.17, 15) is 14.9 Å². The quantitative estimate of drug-likeness (QED) is 0.713. The average molecular weight is 447 g/mol. The molecule has 31 heavy (non-hydrogen) atoms. The van der Waals surface area contributed by atoms with Crippen LogP contribution in [0.5, 0.6) is 0 Å². The largest absolute Gasteiger partial charge is 0.444 e. The summed E-state index contributed by atoms with van der Waals surface area (Å²) in [7, 11) is 1.78. The van der Waals surface area contributed by atoms with E-state index >= 15 is 0 Å². The number of likely N-dealkylation sites (tertiary alicyclic amines) is 1. The van der Waals surface area contributed by atoms with Crippen LogP contribution < -0.4 is 5.32 Å². The first kappa shape index (κ1) is 23.6. The number of piperidine rings is 1. The van der Waals surface area contributed by atoms with Gasteiger partial charge in [0.05, 0.1) is 5.56 Å². The highest BCUT2D eigenvalue weighted by molar-refractivity contribution is 7.16. The van der Waals surface area contributed by atoms with Crippen molar-refractivity contribution in [1.29, 1.82) is 5.26 Å². The van der Waals surface area contributed by atoms with Crippen molar-refractivity contribution in [3.63, 3.8) is 0 Å². The summed E-state index contributed by atoms with van der Waals surface area (Å²) in [5, 5.41) is 13.2. The highest BCUT2D eigenvalue weighted by Crippen LogP contribution is 2.38. The van der Waals surface area contributed by atoms with Gasteiger partial charge in [0.25, 0.3) is 0 Å². The van der Waals surface area contributed by atoms with E-state index in [1.165, 1.54) is 4.88 Å². The summed E-state index contributed by atoms with van der Waals surface area (Å²) >= 11 is 1.56. The van der Waals surface area contributed by atoms with Gasteiger partial charge < -0.3 is 19.9 Å². The van der Waals surface area contributed by atoms with Crippen molar-refractivity contribution < 1.29 is 14.3 Å². The van der Waals surface area contributed by atoms with Gasteiger partial charge in [0, 0.05) is 38.0 Å². The lowest BCUT2D eigenvalue weighted by Crippen LogP contribution is -2.43. The Morgan fingerprint density at radius 2 is 2.10 bits per heavy atom. The summed E-state index contributed by atoms with van der Waals surface area (Å²) in [5.41, 5.74) is 1.30. The number of nitrogens with zero attached hydrogens (tertiary/aromatic N) is 3. The summed E-state index contributed by atoms with van der Waals surface area (Å²) in [5.74, 6) is 0.337. The van der Waals surface area contributed by atoms with Gasteiger partial charge in [-0.2, -0.15) is 5.26 Å². The molecule has 170 valence electrons. The smallest absolute Gasteiger partial charge is 0.410 e. The third kappa shape index (κ3) is 6.44. The third-order valence-corrected chi connectivity index (χ3v) is 6.99. The number of carbonyl (C=O) groups is 2. The molecule has 0 radical (unpaired) electrons. The van der Waals surface area contributed by atoms with Crippen LogP contribution in [0.1, 0.15) is 62.5 Å². The Morgan fingerprint density at radius 1 is 1.32 bits per heavy atom. The standard InChI is InChI=1S/C23H34N4O3S/c1-23(2,3)30-22(29)26(4)14-16-7-6-11-27(15-16)12-10-20(28)25-21-18(13-24)17-8-5-9-19(17)31-21/h16H,5-12,14-15H2,1-4H3,(H,25,28). The van der Waals surface area contributed by atoms with Gasteiger partial charge in [0.15, 0.2) is 0 Å². The minimum Gasteiger partial charge on any atom is -0.444 e. The molecule has 7 nitrogen and oxygen atoms in total. The Bertz CT molecular complexity index is 852. The maximum absolute atomic E-state index is 12.5. The molecule has 1 unspecified atom stereocenters. The molecular weight excluding hydrogens is 412 g/mol. The fourth-order valence-electron chi connectivity index (χ4n) is 4.36. The van der Waals surface area contributed by atoms with Gasteiger partial charge in [-0.15, -0.1) is 11.3 Å². The predicted octanol–water partition coefficient (Wildman–Crippen LogP) is 4.02. The fraction of sp³-hybridized carbons (Fsp3) is 0.696. The molecule has 3 rings (SSSR count). The predicted molar refractivity (Wildman–Crippen MR) is 122 cm³/mol. The number of nitrogens with one attached hydrogen (secondary N) is 1. The number of nitriles is 1. The van der Waals surface area contributed by atoms with E-state index in [1.54, 1.807) is 23.3 Å². The zero-order chi connectivity index (χ0) is 22.6. The molecule has 1 atom stereocenters. The van der Waals surface area contributed by atoms with Gasteiger partial charge in [0.1, 0.15) is 16.7 Å². The average Bonchev–Trinajstić information content (AvgIpc) is 3.26. The Balaban J connectivity index is 1.45. The first-order valence-electron chi connectivity index (χ1n) is 11.2. The number of thiophene rings is 1. The molecule has 2 aliphatic rings. The lowest BCUT2D eigenvalue weighted by atomic mass is 9.97. The Labute approximate surface area is 189 Å². The highest BCUT2D eigenvalue weighted by Gasteiger charge is 2.26. The van der Waals surface area contributed by atoms with Crippen molar-refractivity contribution in [2.45, 2.75) is 64.9 Å². The number of ether oxygens (including phenoxy) is 1. The van der Waals surface area contributed by atoms with Crippen LogP contribution in [0.15, 0.2) is 0 Å². The third-order valence-electron chi connectivity index (χ3n) is 5.78. The molecule has 8 heteroatoms. The number of anilines is 1. The lowest BCUT2D eigenvalue weighted by Gasteiger charge is -2.35. The van der Waals surface area contributed by atoms with Crippen molar-refractivity contribution >= 4 is 28.3 Å². The molecule has 1 aliphatic heterocycles. The van der Waals surface area contributed by atoms with Gasteiger partial charge in [-0.25, -0.2) is 4.79 Å². The molecule has 1 aromatic rings. The summed E-state index contributed by atoms with van der Waals surface area (Å²) in [6, 6.07) is 2.28. The first-order chi connectivity index (χ1) is 14.7. The minimum atomic E-state index is -0.495. The van der Waals surface area contributed by atoms with Gasteiger partial charge in [-0.3, -0.25) is 4.79 Å². The summed E-state index contributed by atoms with van der Waals surface area (Å²) in [4.78, 5) is 30.0. The van der Waals surface area contributed by atoms with Crippen molar-refractivity contribution in [3.05, 3.63) is 16.0 Å². The second-order valence-electron chi connectivity index (χ2n) is 9.64. The molecule has 1 N–H and O–H groups in total. The summed E-state index contributed by atoms with van der Waals surface area (Å²) in [6.07, 6.45) is 5.30. The number of hydrogen-bond acceptors (Lipinski definition) is 6. The van der Waals surface area contributed by atoms with Crippen molar-refractivity contribution in [1.82, 2.24) is 9.80 Å². The number of amides is 2. The maximum Gasteiger partial charge on any atom is 0.410 e. The zero-order valence-electron chi connectivity index (χ0n) is 19.1. The van der Waals surface area contributed by atoms with E-state index in [0.29, 0.717) is 36.0 Å². The van der Waals surface area contributed by atoms with Gasteiger partial charge in [0.2, 0.25) is 5.91 Å². The van der Waals surface area contributed by atoms with Crippen molar-refractivity contribution in [2.75, 3.05) is 38.5 Å². The maximum atomic E-state index is 12.5. The van der Waals surface area contributed by atoms with E-state index in [4.69, 9.17) is 4.74 Å². The van der Waals surface area contributed by atoms with Crippen molar-refractivity contribution in [2.24, 2.45) is 5.92 Å². The van der Waals surface area contributed by atoms with Crippen molar-refractivity contribution in [3.8, 4) is 6.07 Å². The minimum absolute atomic E-state index is 0.0376. The topological polar surface area (TPSA) is 85.7 Å². The number of carbonyl (C=O) groups excluding carboxylic acids is 2.